The number of hydrogen-bond acceptors (Lipinski definition) is 2. The highest BCUT2D eigenvalue weighted by atomic mass is 32.1. The molecule has 0 bridgehead atoms. The molecule has 1 aromatic carbocycles. The molecule has 1 rings (SSSR count). The van der Waals surface area contributed by atoms with Crippen molar-refractivity contribution in [3.8, 4) is 0 Å². The van der Waals surface area contributed by atoms with Gasteiger partial charge in [-0.3, -0.25) is 0 Å². The molecule has 1 aromatic rings. The van der Waals surface area contributed by atoms with Gasteiger partial charge < -0.3 is 11.1 Å². The van der Waals surface area contributed by atoms with Gasteiger partial charge in [-0.2, -0.15) is 0 Å². The molecule has 0 heterocycles. The maximum absolute atomic E-state index is 5.35. The van der Waals surface area contributed by atoms with Gasteiger partial charge in [-0.15, -0.1) is 0 Å². The van der Waals surface area contributed by atoms with Gasteiger partial charge in [0.2, 0.25) is 0 Å². The van der Waals surface area contributed by atoms with Crippen LogP contribution in [-0.2, 0) is 0 Å². The largest absolute Gasteiger partial charge is 0.393 e. The first-order valence-corrected chi connectivity index (χ1v) is 4.63. The summed E-state index contributed by atoms with van der Waals surface area (Å²) in [5.41, 5.74) is 6.31. The Labute approximate surface area is 88.1 Å². The van der Waals surface area contributed by atoms with Crippen molar-refractivity contribution in [3.63, 3.8) is 0 Å². The number of nitrogens with two attached hydrogens (primary N) is 1. The summed E-state index contributed by atoms with van der Waals surface area (Å²) in [7, 11) is 0. The number of rotatable bonds is 3. The fourth-order valence-electron chi connectivity index (χ4n) is 0.885. The van der Waals surface area contributed by atoms with Gasteiger partial charge >= 0.3 is 0 Å². The molecule has 0 aliphatic heterocycles. The van der Waals surface area contributed by atoms with Gasteiger partial charge in [-0.25, -0.2) is 0 Å². The third-order valence-corrected chi connectivity index (χ3v) is 1.78. The van der Waals surface area contributed by atoms with E-state index in [-0.39, 0.29) is 0 Å². The molecule has 4 heteroatoms. The van der Waals surface area contributed by atoms with Crippen molar-refractivity contribution in [1.29, 1.82) is 0 Å². The fraction of sp³-hybridized carbons (Fsp3) is 0.111. The van der Waals surface area contributed by atoms with Crippen LogP contribution in [0.3, 0.4) is 0 Å². The van der Waals surface area contributed by atoms with Gasteiger partial charge in [0, 0.05) is 12.1 Å². The van der Waals surface area contributed by atoms with Crippen molar-refractivity contribution >= 4 is 40.1 Å². The lowest BCUT2D eigenvalue weighted by molar-refractivity contribution is 1.53. The van der Waals surface area contributed by atoms with Crippen LogP contribution in [0.2, 0.25) is 0 Å². The molecule has 0 aliphatic rings. The Hall–Kier alpha value is -1.00. The fourth-order valence-corrected chi connectivity index (χ4v) is 1.39. The minimum Gasteiger partial charge on any atom is -0.393 e. The summed E-state index contributed by atoms with van der Waals surface area (Å²) in [5, 5.41) is 3.04. The number of benzene rings is 1. The number of nitrogens with one attached hydrogen (secondary N) is 1. The molecule has 0 spiro atoms. The highest BCUT2D eigenvalue weighted by molar-refractivity contribution is 7.82. The quantitative estimate of drug-likeness (QED) is 0.749. The Bertz CT molecular complexity index is 309. The van der Waals surface area contributed by atoms with Gasteiger partial charge in [0.05, 0.1) is 9.98 Å². The average Bonchev–Trinajstić information content (AvgIpc) is 2.04. The summed E-state index contributed by atoms with van der Waals surface area (Å²) < 4.78 is 0. The van der Waals surface area contributed by atoms with Crippen molar-refractivity contribution < 1.29 is 0 Å². The Morgan fingerprint density at radius 3 is 2.38 bits per heavy atom. The maximum atomic E-state index is 5.35. The SMILES string of the molecule is NC(=S)CC(=S)Nc1ccccc1. The second kappa shape index (κ2) is 4.89. The van der Waals surface area contributed by atoms with Crippen LogP contribution in [0.25, 0.3) is 0 Å². The monoisotopic (exact) mass is 210 g/mol. The number of hydrogen-bond donors (Lipinski definition) is 2. The Morgan fingerprint density at radius 2 is 1.85 bits per heavy atom. The minimum absolute atomic E-state index is 0.411. The van der Waals surface area contributed by atoms with E-state index >= 15 is 0 Å². The van der Waals surface area contributed by atoms with Crippen molar-refractivity contribution in [2.45, 2.75) is 6.42 Å². The van der Waals surface area contributed by atoms with E-state index in [1.54, 1.807) is 0 Å². The zero-order chi connectivity index (χ0) is 9.68. The van der Waals surface area contributed by atoms with Crippen LogP contribution in [0, 0.1) is 0 Å². The normalized spacial score (nSPS) is 9.23. The molecule has 0 fully saturated rings. The summed E-state index contributed by atoms with van der Waals surface area (Å²) in [5.74, 6) is 0. The number of para-hydroxylation sites is 1. The molecule has 0 unspecified atom stereocenters. The van der Waals surface area contributed by atoms with E-state index in [9.17, 15) is 0 Å². The minimum atomic E-state index is 0.411. The lowest BCUT2D eigenvalue weighted by Gasteiger charge is -2.05. The van der Waals surface area contributed by atoms with Crippen molar-refractivity contribution in [2.24, 2.45) is 5.73 Å². The Kier molecular flexibility index (Phi) is 3.79. The second-order valence-electron chi connectivity index (χ2n) is 2.56. The summed E-state index contributed by atoms with van der Waals surface area (Å²) in [6.07, 6.45) is 0.458. The van der Waals surface area contributed by atoms with Gasteiger partial charge in [0.25, 0.3) is 0 Å². The molecule has 68 valence electrons. The topological polar surface area (TPSA) is 38.0 Å². The highest BCUT2D eigenvalue weighted by Gasteiger charge is 1.98. The van der Waals surface area contributed by atoms with Crippen LogP contribution in [0.1, 0.15) is 6.42 Å². The van der Waals surface area contributed by atoms with Crippen LogP contribution in [-0.4, -0.2) is 9.98 Å². The van der Waals surface area contributed by atoms with E-state index in [1.165, 1.54) is 0 Å². The van der Waals surface area contributed by atoms with E-state index in [4.69, 9.17) is 30.2 Å². The summed E-state index contributed by atoms with van der Waals surface area (Å²) in [6.45, 7) is 0. The third kappa shape index (κ3) is 3.96. The van der Waals surface area contributed by atoms with Gasteiger partial charge in [0.15, 0.2) is 0 Å². The molecule has 3 N–H and O–H groups in total. The van der Waals surface area contributed by atoms with Gasteiger partial charge in [0.1, 0.15) is 0 Å². The first-order valence-electron chi connectivity index (χ1n) is 3.81. The van der Waals surface area contributed by atoms with E-state index in [0.29, 0.717) is 16.4 Å². The molecule has 0 saturated carbocycles. The standard InChI is InChI=1S/C9H10N2S2/c10-8(12)6-9(13)11-7-4-2-1-3-5-7/h1-5H,6H2,(H2,10,12)(H,11,13). The maximum Gasteiger partial charge on any atom is 0.0865 e. The lowest BCUT2D eigenvalue weighted by Crippen LogP contribution is -2.18. The number of thiocarbonyl (C=S) groups is 2. The molecule has 0 saturated heterocycles. The highest BCUT2D eigenvalue weighted by Crippen LogP contribution is 2.05. The van der Waals surface area contributed by atoms with Crippen molar-refractivity contribution in [2.75, 3.05) is 5.32 Å². The summed E-state index contributed by atoms with van der Waals surface area (Å²) in [6, 6.07) is 9.69. The first kappa shape index (κ1) is 10.1. The van der Waals surface area contributed by atoms with Crippen LogP contribution in [0.4, 0.5) is 5.69 Å². The van der Waals surface area contributed by atoms with Crippen LogP contribution in [0.15, 0.2) is 30.3 Å². The molecule has 0 radical (unpaired) electrons. The predicted molar refractivity (Wildman–Crippen MR) is 64.1 cm³/mol. The molecule has 13 heavy (non-hydrogen) atoms. The van der Waals surface area contributed by atoms with Gasteiger partial charge in [-0.1, -0.05) is 42.6 Å². The molecule has 0 amide bonds. The molecule has 2 nitrogen and oxygen atoms in total. The van der Waals surface area contributed by atoms with Gasteiger partial charge in [-0.05, 0) is 12.1 Å². The smallest absolute Gasteiger partial charge is 0.0865 e. The summed E-state index contributed by atoms with van der Waals surface area (Å²) >= 11 is 9.77. The zero-order valence-corrected chi connectivity index (χ0v) is 8.62. The molecule has 0 atom stereocenters. The predicted octanol–water partition coefficient (Wildman–Crippen LogP) is 2.10. The third-order valence-electron chi connectivity index (χ3n) is 1.39. The molecule has 0 aliphatic carbocycles. The van der Waals surface area contributed by atoms with E-state index < -0.39 is 0 Å². The van der Waals surface area contributed by atoms with E-state index in [1.807, 2.05) is 30.3 Å². The molecular formula is C9H10N2S2. The molecular weight excluding hydrogens is 200 g/mol. The van der Waals surface area contributed by atoms with E-state index in [0.717, 1.165) is 5.69 Å². The van der Waals surface area contributed by atoms with Crippen LogP contribution in [0.5, 0.6) is 0 Å². The Morgan fingerprint density at radius 1 is 1.23 bits per heavy atom. The number of anilines is 1. The Balaban J connectivity index is 2.50. The average molecular weight is 210 g/mol. The summed E-state index contributed by atoms with van der Waals surface area (Å²) in [4.78, 5) is 1.06. The lowest BCUT2D eigenvalue weighted by atomic mass is 10.3. The first-order chi connectivity index (χ1) is 6.18. The van der Waals surface area contributed by atoms with E-state index in [2.05, 4.69) is 5.32 Å². The van der Waals surface area contributed by atoms with Crippen molar-refractivity contribution in [3.05, 3.63) is 30.3 Å². The zero-order valence-electron chi connectivity index (χ0n) is 6.99. The van der Waals surface area contributed by atoms with Crippen LogP contribution < -0.4 is 11.1 Å². The molecule has 0 aromatic heterocycles. The second-order valence-corrected chi connectivity index (χ2v) is 3.57. The van der Waals surface area contributed by atoms with Crippen LogP contribution >= 0.6 is 24.4 Å². The van der Waals surface area contributed by atoms with Crippen molar-refractivity contribution in [1.82, 2.24) is 0 Å².